The molecule has 0 aliphatic rings. The zero-order valence-electron chi connectivity index (χ0n) is 14.8. The van der Waals surface area contributed by atoms with Crippen LogP contribution in [0.5, 0.6) is 0 Å². The molecule has 0 aliphatic carbocycles. The lowest BCUT2D eigenvalue weighted by atomic mass is 10.0. The molecule has 3 aromatic rings. The molecule has 130 valence electrons. The fourth-order valence-corrected chi connectivity index (χ4v) is 3.52. The summed E-state index contributed by atoms with van der Waals surface area (Å²) in [5, 5.41) is 1.58. The highest BCUT2D eigenvalue weighted by Crippen LogP contribution is 2.32. The molecule has 1 unspecified atom stereocenters. The molecule has 0 aliphatic heterocycles. The van der Waals surface area contributed by atoms with Crippen molar-refractivity contribution in [2.45, 2.75) is 32.9 Å². The molecule has 0 N–H and O–H groups in total. The molecule has 3 rings (SSSR count). The van der Waals surface area contributed by atoms with Crippen LogP contribution in [0.4, 0.5) is 0 Å². The number of rotatable bonds is 6. The van der Waals surface area contributed by atoms with Crippen LogP contribution in [0.3, 0.4) is 0 Å². The number of ketones is 1. The number of hydrogen-bond donors (Lipinski definition) is 0. The molecule has 3 nitrogen and oxygen atoms in total. The fraction of sp³-hybridized carbons (Fsp3) is 0.286. The van der Waals surface area contributed by atoms with Gasteiger partial charge < -0.3 is 9.30 Å². The number of methoxy groups -OCH3 is 1. The number of para-hydroxylation sites is 1. The van der Waals surface area contributed by atoms with Crippen molar-refractivity contribution < 1.29 is 9.53 Å². The summed E-state index contributed by atoms with van der Waals surface area (Å²) in [6.45, 7) is 4.12. The summed E-state index contributed by atoms with van der Waals surface area (Å²) in [5.41, 5.74) is 3.33. The van der Waals surface area contributed by atoms with Gasteiger partial charge in [0.2, 0.25) is 0 Å². The van der Waals surface area contributed by atoms with Crippen molar-refractivity contribution >= 4 is 28.3 Å². The highest BCUT2D eigenvalue weighted by molar-refractivity contribution is 6.30. The predicted octanol–water partition coefficient (Wildman–Crippen LogP) is 5.78. The van der Waals surface area contributed by atoms with Crippen LogP contribution in [0.2, 0.25) is 5.02 Å². The zero-order chi connectivity index (χ0) is 18.0. The van der Waals surface area contributed by atoms with Crippen molar-refractivity contribution in [2.75, 3.05) is 7.11 Å². The van der Waals surface area contributed by atoms with Gasteiger partial charge in [0.05, 0.1) is 11.1 Å². The lowest BCUT2D eigenvalue weighted by Crippen LogP contribution is -2.13. The van der Waals surface area contributed by atoms with Gasteiger partial charge in [-0.2, -0.15) is 0 Å². The van der Waals surface area contributed by atoms with Crippen molar-refractivity contribution in [1.29, 1.82) is 0 Å². The quantitative estimate of drug-likeness (QED) is 0.525. The van der Waals surface area contributed by atoms with Gasteiger partial charge in [-0.25, -0.2) is 0 Å². The topological polar surface area (TPSA) is 31.2 Å². The molecule has 1 atom stereocenters. The average molecular weight is 356 g/mol. The van der Waals surface area contributed by atoms with Crippen LogP contribution >= 0.6 is 11.6 Å². The molecule has 0 radical (unpaired) electrons. The van der Waals surface area contributed by atoms with E-state index in [0.29, 0.717) is 10.6 Å². The van der Waals surface area contributed by atoms with E-state index in [0.717, 1.165) is 35.0 Å². The van der Waals surface area contributed by atoms with E-state index >= 15 is 0 Å². The Balaban J connectivity index is 2.20. The third-order valence-corrected chi connectivity index (χ3v) is 4.84. The smallest absolute Gasteiger partial charge is 0.195 e. The summed E-state index contributed by atoms with van der Waals surface area (Å²) in [6, 6.07) is 15.0. The number of benzene rings is 2. The number of ether oxygens (including phenoxy) is 1. The Morgan fingerprint density at radius 1 is 1.16 bits per heavy atom. The van der Waals surface area contributed by atoms with E-state index in [2.05, 4.69) is 11.5 Å². The maximum atomic E-state index is 13.2. The number of carbonyl (C=O) groups excluding carboxylic acids is 1. The second-order valence-electron chi connectivity index (χ2n) is 6.16. The van der Waals surface area contributed by atoms with Crippen molar-refractivity contribution in [3.63, 3.8) is 0 Å². The van der Waals surface area contributed by atoms with Crippen molar-refractivity contribution in [3.05, 3.63) is 70.4 Å². The molecule has 0 fully saturated rings. The number of carbonyl (C=O) groups is 1. The van der Waals surface area contributed by atoms with Crippen LogP contribution in [-0.4, -0.2) is 17.5 Å². The average Bonchev–Trinajstić information content (AvgIpc) is 2.92. The third kappa shape index (κ3) is 3.22. The summed E-state index contributed by atoms with van der Waals surface area (Å²) >= 11 is 5.96. The summed E-state index contributed by atoms with van der Waals surface area (Å²) < 4.78 is 7.86. The first-order chi connectivity index (χ1) is 12.1. The number of hydrogen-bond acceptors (Lipinski definition) is 2. The molecule has 1 aromatic heterocycles. The minimum absolute atomic E-state index is 0.00969. The maximum absolute atomic E-state index is 13.2. The summed E-state index contributed by atoms with van der Waals surface area (Å²) in [5.74, 6) is 0.00969. The van der Waals surface area contributed by atoms with Gasteiger partial charge in [0.25, 0.3) is 0 Å². The van der Waals surface area contributed by atoms with Gasteiger partial charge in [-0.05, 0) is 43.7 Å². The minimum atomic E-state index is -0.0818. The van der Waals surface area contributed by atoms with Gasteiger partial charge in [-0.15, -0.1) is 0 Å². The molecule has 0 saturated carbocycles. The van der Waals surface area contributed by atoms with E-state index in [1.807, 2.05) is 31.2 Å². The summed E-state index contributed by atoms with van der Waals surface area (Å²) in [7, 11) is 1.72. The second-order valence-corrected chi connectivity index (χ2v) is 6.60. The monoisotopic (exact) mass is 355 g/mol. The minimum Gasteiger partial charge on any atom is -0.361 e. The van der Waals surface area contributed by atoms with Crippen LogP contribution in [0, 0.1) is 6.92 Å². The number of fused-ring (bicyclic) bond motifs is 1. The number of halogens is 1. The molecular weight excluding hydrogens is 334 g/mol. The first-order valence-corrected chi connectivity index (χ1v) is 8.88. The van der Waals surface area contributed by atoms with Gasteiger partial charge in [-0.3, -0.25) is 4.79 Å². The number of aromatic nitrogens is 1. The Hall–Kier alpha value is -2.10. The highest BCUT2D eigenvalue weighted by Gasteiger charge is 2.24. The molecule has 4 heteroatoms. The molecular formula is C21H22ClNO2. The Morgan fingerprint density at radius 3 is 2.48 bits per heavy atom. The van der Waals surface area contributed by atoms with Crippen molar-refractivity contribution in [2.24, 2.45) is 0 Å². The van der Waals surface area contributed by atoms with Crippen LogP contribution < -0.4 is 0 Å². The van der Waals surface area contributed by atoms with Crippen LogP contribution in [0.25, 0.3) is 10.9 Å². The first-order valence-electron chi connectivity index (χ1n) is 8.51. The van der Waals surface area contributed by atoms with E-state index in [4.69, 9.17) is 16.3 Å². The van der Waals surface area contributed by atoms with Crippen LogP contribution in [0.1, 0.15) is 47.6 Å². The second kappa shape index (κ2) is 7.42. The molecule has 0 saturated heterocycles. The summed E-state index contributed by atoms with van der Waals surface area (Å²) in [4.78, 5) is 13.2. The molecule has 0 spiro atoms. The first kappa shape index (κ1) is 17.7. The lowest BCUT2D eigenvalue weighted by molar-refractivity contribution is 0.0385. The van der Waals surface area contributed by atoms with E-state index in [9.17, 15) is 4.79 Å². The molecule has 0 amide bonds. The van der Waals surface area contributed by atoms with E-state index in [1.54, 1.807) is 31.4 Å². The Morgan fingerprint density at radius 2 is 1.84 bits per heavy atom. The van der Waals surface area contributed by atoms with E-state index < -0.39 is 0 Å². The largest absolute Gasteiger partial charge is 0.361 e. The third-order valence-electron chi connectivity index (χ3n) is 4.59. The Labute approximate surface area is 153 Å². The van der Waals surface area contributed by atoms with Gasteiger partial charge in [-0.1, -0.05) is 43.1 Å². The standard InChI is InChI=1S/C21H22ClNO2/c1-4-7-19(25-3)23-14(2)20(17-8-5-6-9-18(17)23)21(24)15-10-12-16(22)13-11-15/h5-6,8-13,19H,4,7H2,1-3H3. The predicted molar refractivity (Wildman–Crippen MR) is 103 cm³/mol. The highest BCUT2D eigenvalue weighted by atomic mass is 35.5. The number of nitrogens with zero attached hydrogens (tertiary/aromatic N) is 1. The molecule has 0 bridgehead atoms. The van der Waals surface area contributed by atoms with Crippen LogP contribution in [-0.2, 0) is 4.74 Å². The van der Waals surface area contributed by atoms with Gasteiger partial charge in [0.15, 0.2) is 5.78 Å². The van der Waals surface area contributed by atoms with E-state index in [1.165, 1.54) is 0 Å². The van der Waals surface area contributed by atoms with Crippen molar-refractivity contribution in [3.8, 4) is 0 Å². The van der Waals surface area contributed by atoms with E-state index in [-0.39, 0.29) is 12.0 Å². The maximum Gasteiger partial charge on any atom is 0.195 e. The summed E-state index contributed by atoms with van der Waals surface area (Å²) in [6.07, 6.45) is 1.82. The SMILES string of the molecule is CCCC(OC)n1c(C)c(C(=O)c2ccc(Cl)cc2)c2ccccc21. The molecule has 1 heterocycles. The van der Waals surface area contributed by atoms with Gasteiger partial charge in [0, 0.05) is 28.8 Å². The Kier molecular flexibility index (Phi) is 5.26. The van der Waals surface area contributed by atoms with Gasteiger partial charge >= 0.3 is 0 Å². The van der Waals surface area contributed by atoms with Crippen molar-refractivity contribution in [1.82, 2.24) is 4.57 Å². The Bertz CT molecular complexity index is 896. The normalized spacial score (nSPS) is 12.5. The van der Waals surface area contributed by atoms with Gasteiger partial charge in [0.1, 0.15) is 6.23 Å². The zero-order valence-corrected chi connectivity index (χ0v) is 15.5. The lowest BCUT2D eigenvalue weighted by Gasteiger charge is -2.20. The van der Waals surface area contributed by atoms with Crippen LogP contribution in [0.15, 0.2) is 48.5 Å². The molecule has 2 aromatic carbocycles. The fourth-order valence-electron chi connectivity index (χ4n) is 3.39. The molecule has 25 heavy (non-hydrogen) atoms.